The molecule has 0 saturated heterocycles. The van der Waals surface area contributed by atoms with Crippen molar-refractivity contribution >= 4 is 33.1 Å². The van der Waals surface area contributed by atoms with Crippen LogP contribution in [0.25, 0.3) is 10.8 Å². The van der Waals surface area contributed by atoms with Gasteiger partial charge in [0.1, 0.15) is 5.75 Å². The molecule has 5 nitrogen and oxygen atoms in total. The van der Waals surface area contributed by atoms with Crippen LogP contribution in [0, 0.1) is 0 Å². The van der Waals surface area contributed by atoms with Gasteiger partial charge in [0.05, 0.1) is 23.8 Å². The maximum atomic E-state index is 12.1. The molecule has 0 atom stereocenters. The average molecular weight is 340 g/mol. The van der Waals surface area contributed by atoms with E-state index in [1.807, 2.05) is 42.5 Å². The van der Waals surface area contributed by atoms with E-state index in [0.29, 0.717) is 24.1 Å². The second-order valence-corrected chi connectivity index (χ2v) is 6.62. The van der Waals surface area contributed by atoms with Gasteiger partial charge in [-0.3, -0.25) is 10.1 Å². The summed E-state index contributed by atoms with van der Waals surface area (Å²) in [6.45, 7) is 1.23. The minimum absolute atomic E-state index is 0.0426. The molecule has 1 aliphatic heterocycles. The molecule has 3 aromatic rings. The Morgan fingerprint density at radius 1 is 1.25 bits per heavy atom. The smallest absolute Gasteiger partial charge is 0.264 e. The van der Waals surface area contributed by atoms with Gasteiger partial charge in [0.25, 0.3) is 5.91 Å². The Labute approximate surface area is 143 Å². The minimum atomic E-state index is -0.213. The van der Waals surface area contributed by atoms with Crippen LogP contribution in [-0.2, 0) is 22.6 Å². The van der Waals surface area contributed by atoms with E-state index in [-0.39, 0.29) is 12.5 Å². The number of hydrogen-bond acceptors (Lipinski definition) is 5. The summed E-state index contributed by atoms with van der Waals surface area (Å²) in [5.41, 5.74) is 1.02. The first-order valence-corrected chi connectivity index (χ1v) is 8.57. The first-order chi connectivity index (χ1) is 11.8. The Kier molecular flexibility index (Phi) is 4.15. The summed E-state index contributed by atoms with van der Waals surface area (Å²) >= 11 is 1.46. The molecule has 24 heavy (non-hydrogen) atoms. The van der Waals surface area contributed by atoms with Gasteiger partial charge in [-0.15, -0.1) is 0 Å². The fraction of sp³-hybridized carbons (Fsp3) is 0.222. The van der Waals surface area contributed by atoms with E-state index in [1.165, 1.54) is 11.3 Å². The fourth-order valence-corrected chi connectivity index (χ4v) is 3.60. The number of ether oxygens (including phenoxy) is 2. The van der Waals surface area contributed by atoms with Crippen LogP contribution in [0.4, 0.5) is 5.13 Å². The molecule has 1 aromatic heterocycles. The third-order valence-corrected chi connectivity index (χ3v) is 4.82. The second kappa shape index (κ2) is 6.59. The number of nitrogens with one attached hydrogen (secondary N) is 1. The van der Waals surface area contributed by atoms with Crippen LogP contribution in [0.5, 0.6) is 5.75 Å². The third kappa shape index (κ3) is 3.25. The first kappa shape index (κ1) is 15.1. The molecule has 0 aliphatic carbocycles. The highest BCUT2D eigenvalue weighted by Gasteiger charge is 2.16. The topological polar surface area (TPSA) is 60.5 Å². The van der Waals surface area contributed by atoms with Gasteiger partial charge in [-0.05, 0) is 22.9 Å². The molecule has 0 fully saturated rings. The SMILES string of the molecule is O=C(COc1ccc2ccccc2c1)Nc1nc2c(s1)COCC2. The number of benzene rings is 2. The summed E-state index contributed by atoms with van der Waals surface area (Å²) in [5.74, 6) is 0.464. The molecule has 1 amide bonds. The van der Waals surface area contributed by atoms with Crippen molar-refractivity contribution in [1.29, 1.82) is 0 Å². The van der Waals surface area contributed by atoms with E-state index in [2.05, 4.69) is 10.3 Å². The third-order valence-electron chi connectivity index (χ3n) is 3.83. The lowest BCUT2D eigenvalue weighted by atomic mass is 10.1. The lowest BCUT2D eigenvalue weighted by Gasteiger charge is -2.08. The van der Waals surface area contributed by atoms with Gasteiger partial charge in [-0.2, -0.15) is 0 Å². The molecule has 122 valence electrons. The number of anilines is 1. The zero-order chi connectivity index (χ0) is 16.4. The average Bonchev–Trinajstić information content (AvgIpc) is 3.02. The molecule has 1 N–H and O–H groups in total. The Morgan fingerprint density at radius 2 is 2.12 bits per heavy atom. The predicted octanol–water partition coefficient (Wildman–Crippen LogP) is 3.39. The molecule has 0 spiro atoms. The summed E-state index contributed by atoms with van der Waals surface area (Å²) in [6, 6.07) is 13.8. The molecular weight excluding hydrogens is 324 g/mol. The highest BCUT2D eigenvalue weighted by atomic mass is 32.1. The van der Waals surface area contributed by atoms with Gasteiger partial charge in [0, 0.05) is 6.42 Å². The lowest BCUT2D eigenvalue weighted by molar-refractivity contribution is -0.118. The number of amides is 1. The van der Waals surface area contributed by atoms with Crippen molar-refractivity contribution in [3.05, 3.63) is 53.0 Å². The summed E-state index contributed by atoms with van der Waals surface area (Å²) in [7, 11) is 0. The zero-order valence-electron chi connectivity index (χ0n) is 13.0. The normalized spacial score (nSPS) is 13.5. The summed E-state index contributed by atoms with van der Waals surface area (Å²) < 4.78 is 11.0. The van der Waals surface area contributed by atoms with Crippen LogP contribution in [0.2, 0.25) is 0 Å². The Bertz CT molecular complexity index is 867. The van der Waals surface area contributed by atoms with E-state index in [0.717, 1.165) is 27.8 Å². The number of fused-ring (bicyclic) bond motifs is 2. The Balaban J connectivity index is 1.38. The van der Waals surface area contributed by atoms with Crippen LogP contribution >= 0.6 is 11.3 Å². The van der Waals surface area contributed by atoms with E-state index in [9.17, 15) is 4.79 Å². The van der Waals surface area contributed by atoms with Gasteiger partial charge in [-0.25, -0.2) is 4.98 Å². The number of aromatic nitrogens is 1. The molecule has 1 aliphatic rings. The maximum absolute atomic E-state index is 12.1. The first-order valence-electron chi connectivity index (χ1n) is 7.76. The quantitative estimate of drug-likeness (QED) is 0.791. The number of nitrogens with zero attached hydrogens (tertiary/aromatic N) is 1. The zero-order valence-corrected chi connectivity index (χ0v) is 13.8. The second-order valence-electron chi connectivity index (χ2n) is 5.54. The van der Waals surface area contributed by atoms with Crippen molar-refractivity contribution in [2.75, 3.05) is 18.5 Å². The highest BCUT2D eigenvalue weighted by molar-refractivity contribution is 7.15. The van der Waals surface area contributed by atoms with E-state index >= 15 is 0 Å². The van der Waals surface area contributed by atoms with Gasteiger partial charge >= 0.3 is 0 Å². The Hall–Kier alpha value is -2.44. The molecular formula is C18H16N2O3S. The van der Waals surface area contributed by atoms with E-state index in [1.54, 1.807) is 0 Å². The minimum Gasteiger partial charge on any atom is -0.484 e. The predicted molar refractivity (Wildman–Crippen MR) is 93.5 cm³/mol. The number of thiazole rings is 1. The fourth-order valence-electron chi connectivity index (χ4n) is 2.64. The van der Waals surface area contributed by atoms with Crippen LogP contribution in [0.3, 0.4) is 0 Å². The molecule has 0 saturated carbocycles. The van der Waals surface area contributed by atoms with Crippen LogP contribution in [0.1, 0.15) is 10.6 Å². The van der Waals surface area contributed by atoms with Gasteiger partial charge in [0.2, 0.25) is 0 Å². The van der Waals surface area contributed by atoms with Crippen LogP contribution in [-0.4, -0.2) is 24.1 Å². The van der Waals surface area contributed by atoms with Crippen LogP contribution < -0.4 is 10.1 Å². The Morgan fingerprint density at radius 3 is 3.00 bits per heavy atom. The number of rotatable bonds is 4. The van der Waals surface area contributed by atoms with Crippen LogP contribution in [0.15, 0.2) is 42.5 Å². The summed E-state index contributed by atoms with van der Waals surface area (Å²) in [6.07, 6.45) is 0.801. The van der Waals surface area contributed by atoms with Gasteiger partial charge in [-0.1, -0.05) is 41.7 Å². The monoisotopic (exact) mass is 340 g/mol. The molecule has 0 radical (unpaired) electrons. The lowest BCUT2D eigenvalue weighted by Crippen LogP contribution is -2.20. The highest BCUT2D eigenvalue weighted by Crippen LogP contribution is 2.27. The number of hydrogen-bond donors (Lipinski definition) is 1. The number of carbonyl (C=O) groups excluding carboxylic acids is 1. The van der Waals surface area contributed by atoms with Crippen molar-refractivity contribution in [2.45, 2.75) is 13.0 Å². The van der Waals surface area contributed by atoms with Crippen molar-refractivity contribution in [1.82, 2.24) is 4.98 Å². The van der Waals surface area contributed by atoms with Crippen molar-refractivity contribution < 1.29 is 14.3 Å². The molecule has 2 aromatic carbocycles. The maximum Gasteiger partial charge on any atom is 0.264 e. The van der Waals surface area contributed by atoms with Gasteiger partial charge in [0.15, 0.2) is 11.7 Å². The summed E-state index contributed by atoms with van der Waals surface area (Å²) in [4.78, 5) is 17.6. The molecule has 6 heteroatoms. The van der Waals surface area contributed by atoms with Crippen molar-refractivity contribution in [3.63, 3.8) is 0 Å². The van der Waals surface area contributed by atoms with Crippen molar-refractivity contribution in [2.24, 2.45) is 0 Å². The van der Waals surface area contributed by atoms with Crippen molar-refractivity contribution in [3.8, 4) is 5.75 Å². The van der Waals surface area contributed by atoms with E-state index in [4.69, 9.17) is 9.47 Å². The molecule has 0 unspecified atom stereocenters. The molecule has 4 rings (SSSR count). The standard InChI is InChI=1S/C18H16N2O3S/c21-17(20-18-19-15-7-8-22-10-16(15)24-18)11-23-14-6-5-12-3-1-2-4-13(12)9-14/h1-6,9H,7-8,10-11H2,(H,19,20,21). The van der Waals surface area contributed by atoms with Gasteiger partial charge < -0.3 is 9.47 Å². The number of carbonyl (C=O) groups is 1. The summed E-state index contributed by atoms with van der Waals surface area (Å²) in [5, 5.41) is 5.63. The molecule has 2 heterocycles. The largest absolute Gasteiger partial charge is 0.484 e. The van der Waals surface area contributed by atoms with E-state index < -0.39 is 0 Å². The molecule has 0 bridgehead atoms.